The largest absolute Gasteiger partial charge is 0.329 e. The Hall–Kier alpha value is -1.79. The van der Waals surface area contributed by atoms with Crippen LogP contribution in [-0.4, -0.2) is 38.5 Å². The van der Waals surface area contributed by atoms with Crippen molar-refractivity contribution in [2.75, 3.05) is 13.6 Å². The number of nitrogens with two attached hydrogens (primary N) is 1. The van der Waals surface area contributed by atoms with Gasteiger partial charge in [-0.1, -0.05) is 11.3 Å². The van der Waals surface area contributed by atoms with Crippen LogP contribution in [-0.2, 0) is 19.6 Å². The van der Waals surface area contributed by atoms with Crippen LogP contribution in [0, 0.1) is 0 Å². The van der Waals surface area contributed by atoms with Crippen molar-refractivity contribution in [2.24, 2.45) is 5.73 Å². The summed E-state index contributed by atoms with van der Waals surface area (Å²) in [6.07, 6.45) is 3.74. The van der Waals surface area contributed by atoms with Gasteiger partial charge in [-0.25, -0.2) is 0 Å². The molecular formula is C12H18N6. The molecule has 0 saturated carbocycles. The SMILES string of the molecule is CN(Cc1ccccn1)Cc1cn(CCN)nn1. The summed E-state index contributed by atoms with van der Waals surface area (Å²) in [4.78, 5) is 6.45. The van der Waals surface area contributed by atoms with E-state index in [0.717, 1.165) is 24.5 Å². The fourth-order valence-corrected chi connectivity index (χ4v) is 1.75. The van der Waals surface area contributed by atoms with E-state index in [9.17, 15) is 0 Å². The summed E-state index contributed by atoms with van der Waals surface area (Å²) in [5.41, 5.74) is 7.46. The van der Waals surface area contributed by atoms with Gasteiger partial charge in [-0.05, 0) is 19.2 Å². The molecule has 0 aliphatic heterocycles. The molecule has 0 aromatic carbocycles. The average molecular weight is 246 g/mol. The third-order valence-electron chi connectivity index (χ3n) is 2.53. The predicted octanol–water partition coefficient (Wildman–Crippen LogP) is 0.264. The van der Waals surface area contributed by atoms with Crippen LogP contribution in [0.3, 0.4) is 0 Å². The number of hydrogen-bond acceptors (Lipinski definition) is 5. The molecule has 0 aliphatic carbocycles. The fraction of sp³-hybridized carbons (Fsp3) is 0.417. The van der Waals surface area contributed by atoms with Gasteiger partial charge >= 0.3 is 0 Å². The minimum atomic E-state index is 0.576. The molecule has 0 unspecified atom stereocenters. The lowest BCUT2D eigenvalue weighted by Crippen LogP contribution is -2.18. The number of aromatic nitrogens is 4. The van der Waals surface area contributed by atoms with Crippen LogP contribution >= 0.6 is 0 Å². The van der Waals surface area contributed by atoms with Crippen molar-refractivity contribution in [2.45, 2.75) is 19.6 Å². The first-order valence-corrected chi connectivity index (χ1v) is 5.95. The Morgan fingerprint density at radius 2 is 2.11 bits per heavy atom. The van der Waals surface area contributed by atoms with E-state index in [1.54, 1.807) is 10.9 Å². The molecular weight excluding hydrogens is 228 g/mol. The Kier molecular flexibility index (Phi) is 4.38. The highest BCUT2D eigenvalue weighted by Gasteiger charge is 2.05. The highest BCUT2D eigenvalue weighted by Crippen LogP contribution is 2.03. The monoisotopic (exact) mass is 246 g/mol. The minimum absolute atomic E-state index is 0.576. The molecule has 2 aromatic heterocycles. The van der Waals surface area contributed by atoms with E-state index in [1.807, 2.05) is 31.4 Å². The smallest absolute Gasteiger partial charge is 0.0967 e. The predicted molar refractivity (Wildman–Crippen MR) is 68.5 cm³/mol. The number of hydrogen-bond donors (Lipinski definition) is 1. The van der Waals surface area contributed by atoms with E-state index in [2.05, 4.69) is 20.2 Å². The molecule has 0 spiro atoms. The molecule has 18 heavy (non-hydrogen) atoms. The summed E-state index contributed by atoms with van der Waals surface area (Å²) in [7, 11) is 2.04. The normalized spacial score (nSPS) is 11.1. The van der Waals surface area contributed by atoms with Gasteiger partial charge in [0.25, 0.3) is 0 Å². The topological polar surface area (TPSA) is 72.9 Å². The van der Waals surface area contributed by atoms with Crippen LogP contribution in [0.1, 0.15) is 11.4 Å². The van der Waals surface area contributed by atoms with Gasteiger partial charge in [0.05, 0.1) is 17.9 Å². The summed E-state index contributed by atoms with van der Waals surface area (Å²) < 4.78 is 1.77. The molecule has 6 nitrogen and oxygen atoms in total. The molecule has 0 fully saturated rings. The highest BCUT2D eigenvalue weighted by molar-refractivity contribution is 5.03. The third kappa shape index (κ3) is 3.61. The van der Waals surface area contributed by atoms with E-state index in [0.29, 0.717) is 13.1 Å². The van der Waals surface area contributed by atoms with Crippen molar-refractivity contribution >= 4 is 0 Å². The summed E-state index contributed by atoms with van der Waals surface area (Å²) in [6, 6.07) is 5.93. The first-order valence-electron chi connectivity index (χ1n) is 5.95. The lowest BCUT2D eigenvalue weighted by atomic mass is 10.3. The Morgan fingerprint density at radius 1 is 1.28 bits per heavy atom. The standard InChI is InChI=1S/C12H18N6/c1-17(8-11-4-2-3-6-14-11)9-12-10-18(7-5-13)16-15-12/h2-4,6,10H,5,7-9,13H2,1H3. The van der Waals surface area contributed by atoms with Crippen LogP contribution in [0.25, 0.3) is 0 Å². The van der Waals surface area contributed by atoms with Gasteiger partial charge in [0.2, 0.25) is 0 Å². The van der Waals surface area contributed by atoms with E-state index in [-0.39, 0.29) is 0 Å². The van der Waals surface area contributed by atoms with Gasteiger partial charge in [0, 0.05) is 32.0 Å². The molecule has 0 amide bonds. The first-order chi connectivity index (χ1) is 8.78. The molecule has 6 heteroatoms. The maximum Gasteiger partial charge on any atom is 0.0967 e. The highest BCUT2D eigenvalue weighted by atomic mass is 15.4. The number of nitrogens with zero attached hydrogens (tertiary/aromatic N) is 5. The second kappa shape index (κ2) is 6.23. The molecule has 2 aromatic rings. The Morgan fingerprint density at radius 3 is 2.83 bits per heavy atom. The Labute approximate surface area is 106 Å². The third-order valence-corrected chi connectivity index (χ3v) is 2.53. The van der Waals surface area contributed by atoms with E-state index >= 15 is 0 Å². The van der Waals surface area contributed by atoms with Crippen molar-refractivity contribution in [3.05, 3.63) is 42.0 Å². The van der Waals surface area contributed by atoms with Gasteiger partial charge in [0.15, 0.2) is 0 Å². The maximum absolute atomic E-state index is 5.47. The summed E-state index contributed by atoms with van der Waals surface area (Å²) in [5, 5.41) is 8.12. The van der Waals surface area contributed by atoms with Gasteiger partial charge in [-0.3, -0.25) is 14.6 Å². The second-order valence-electron chi connectivity index (χ2n) is 4.25. The van der Waals surface area contributed by atoms with E-state index in [4.69, 9.17) is 5.73 Å². The fourth-order valence-electron chi connectivity index (χ4n) is 1.75. The van der Waals surface area contributed by atoms with E-state index < -0.39 is 0 Å². The van der Waals surface area contributed by atoms with Crippen LogP contribution in [0.5, 0.6) is 0 Å². The zero-order chi connectivity index (χ0) is 12.8. The molecule has 2 N–H and O–H groups in total. The zero-order valence-electron chi connectivity index (χ0n) is 10.5. The van der Waals surface area contributed by atoms with Crippen LogP contribution in [0.15, 0.2) is 30.6 Å². The minimum Gasteiger partial charge on any atom is -0.329 e. The van der Waals surface area contributed by atoms with Crippen molar-refractivity contribution in [1.29, 1.82) is 0 Å². The zero-order valence-corrected chi connectivity index (χ0v) is 10.5. The average Bonchev–Trinajstić information content (AvgIpc) is 2.78. The Bertz CT molecular complexity index is 466. The van der Waals surface area contributed by atoms with Gasteiger partial charge < -0.3 is 5.73 Å². The molecule has 0 bridgehead atoms. The maximum atomic E-state index is 5.47. The van der Waals surface area contributed by atoms with Crippen LogP contribution < -0.4 is 5.73 Å². The molecule has 96 valence electrons. The lowest BCUT2D eigenvalue weighted by molar-refractivity contribution is 0.311. The summed E-state index contributed by atoms with van der Waals surface area (Å²) in [5.74, 6) is 0. The second-order valence-corrected chi connectivity index (χ2v) is 4.25. The van der Waals surface area contributed by atoms with Crippen molar-refractivity contribution < 1.29 is 0 Å². The van der Waals surface area contributed by atoms with Crippen LogP contribution in [0.2, 0.25) is 0 Å². The summed E-state index contributed by atoms with van der Waals surface area (Å²) in [6.45, 7) is 2.83. The van der Waals surface area contributed by atoms with Crippen molar-refractivity contribution in [1.82, 2.24) is 24.9 Å². The molecule has 2 heterocycles. The summed E-state index contributed by atoms with van der Waals surface area (Å²) >= 11 is 0. The molecule has 0 radical (unpaired) electrons. The quantitative estimate of drug-likeness (QED) is 0.791. The number of rotatable bonds is 6. The van der Waals surface area contributed by atoms with Crippen LogP contribution in [0.4, 0.5) is 0 Å². The molecule has 2 rings (SSSR count). The molecule has 0 aliphatic rings. The number of pyridine rings is 1. The van der Waals surface area contributed by atoms with Gasteiger partial charge in [-0.2, -0.15) is 0 Å². The van der Waals surface area contributed by atoms with E-state index in [1.165, 1.54) is 0 Å². The first kappa shape index (κ1) is 12.7. The Balaban J connectivity index is 1.88. The lowest BCUT2D eigenvalue weighted by Gasteiger charge is -2.13. The van der Waals surface area contributed by atoms with Gasteiger partial charge in [-0.15, -0.1) is 5.10 Å². The van der Waals surface area contributed by atoms with Crippen molar-refractivity contribution in [3.8, 4) is 0 Å². The van der Waals surface area contributed by atoms with Crippen molar-refractivity contribution in [3.63, 3.8) is 0 Å². The molecule has 0 saturated heterocycles. The molecule has 0 atom stereocenters. The van der Waals surface area contributed by atoms with Gasteiger partial charge in [0.1, 0.15) is 0 Å².